The summed E-state index contributed by atoms with van der Waals surface area (Å²) in [5.74, 6) is -1.82. The number of rotatable bonds is 5. The molecule has 24 heavy (non-hydrogen) atoms. The minimum absolute atomic E-state index is 0.0287. The van der Waals surface area contributed by atoms with Gasteiger partial charge in [-0.15, -0.1) is 0 Å². The second kappa shape index (κ2) is 6.91. The Bertz CT molecular complexity index is 891. The fourth-order valence-electron chi connectivity index (χ4n) is 2.15. The first-order valence-electron chi connectivity index (χ1n) is 7.17. The summed E-state index contributed by atoms with van der Waals surface area (Å²) in [4.78, 5) is 23.5. The van der Waals surface area contributed by atoms with Gasteiger partial charge in [0, 0.05) is 5.39 Å². The minimum Gasteiger partial charge on any atom is -0.455 e. The highest BCUT2D eigenvalue weighted by Crippen LogP contribution is 2.18. The van der Waals surface area contributed by atoms with Gasteiger partial charge in [-0.1, -0.05) is 29.4 Å². The summed E-state index contributed by atoms with van der Waals surface area (Å²) in [7, 11) is 0. The van der Waals surface area contributed by atoms with Gasteiger partial charge in [-0.2, -0.15) is 0 Å². The summed E-state index contributed by atoms with van der Waals surface area (Å²) in [6.45, 7) is -0.511. The van der Waals surface area contributed by atoms with Gasteiger partial charge in [0.1, 0.15) is 11.5 Å². The van der Waals surface area contributed by atoms with Crippen LogP contribution in [-0.2, 0) is 20.7 Å². The van der Waals surface area contributed by atoms with Crippen LogP contribution in [0.3, 0.4) is 0 Å². The van der Waals surface area contributed by atoms with Crippen molar-refractivity contribution in [3.63, 3.8) is 0 Å². The number of para-hydroxylation sites is 2. The van der Waals surface area contributed by atoms with Crippen LogP contribution >= 0.6 is 0 Å². The van der Waals surface area contributed by atoms with Crippen LogP contribution < -0.4 is 5.32 Å². The van der Waals surface area contributed by atoms with Gasteiger partial charge in [-0.3, -0.25) is 9.59 Å². The Hall–Kier alpha value is -3.22. The number of carbonyl (C=O) groups excluding carboxylic acids is 2. The third-order valence-electron chi connectivity index (χ3n) is 3.28. The van der Waals surface area contributed by atoms with E-state index in [0.717, 1.165) is 0 Å². The van der Waals surface area contributed by atoms with Crippen LogP contribution in [0.5, 0.6) is 0 Å². The number of hydrogen-bond donors (Lipinski definition) is 1. The minimum atomic E-state index is -0.627. The van der Waals surface area contributed by atoms with E-state index in [1.165, 1.54) is 18.2 Å². The third-order valence-corrected chi connectivity index (χ3v) is 3.28. The lowest BCUT2D eigenvalue weighted by atomic mass is 10.2. The number of aromatic nitrogens is 1. The molecular weight excluding hydrogens is 315 g/mol. The Morgan fingerprint density at radius 1 is 1.12 bits per heavy atom. The molecule has 0 atom stereocenters. The Kier molecular flexibility index (Phi) is 4.51. The van der Waals surface area contributed by atoms with Gasteiger partial charge in [0.05, 0.1) is 12.1 Å². The number of halogens is 1. The lowest BCUT2D eigenvalue weighted by Gasteiger charge is -2.06. The molecule has 122 valence electrons. The van der Waals surface area contributed by atoms with Crippen molar-refractivity contribution >= 4 is 28.5 Å². The van der Waals surface area contributed by atoms with Crippen LogP contribution in [0.15, 0.2) is 53.1 Å². The predicted molar refractivity (Wildman–Crippen MR) is 83.7 cm³/mol. The van der Waals surface area contributed by atoms with Crippen molar-refractivity contribution in [2.45, 2.75) is 6.42 Å². The number of nitrogens with zero attached hydrogens (tertiary/aromatic N) is 1. The van der Waals surface area contributed by atoms with E-state index in [1.807, 2.05) is 0 Å². The van der Waals surface area contributed by atoms with Gasteiger partial charge in [0.15, 0.2) is 12.2 Å². The molecule has 0 fully saturated rings. The number of esters is 1. The lowest BCUT2D eigenvalue weighted by molar-refractivity contribution is -0.146. The standard InChI is InChI=1S/C17H13FN2O4/c18-12-6-2-3-7-13(12)19-16(21)10-23-17(22)9-14-11-5-1-4-8-15(11)24-20-14/h1-8H,9-10H2,(H,19,21). The highest BCUT2D eigenvalue weighted by molar-refractivity contribution is 5.93. The molecule has 0 bridgehead atoms. The van der Waals surface area contributed by atoms with E-state index >= 15 is 0 Å². The zero-order valence-electron chi connectivity index (χ0n) is 12.5. The van der Waals surface area contributed by atoms with Crippen LogP contribution in [0.25, 0.3) is 11.0 Å². The van der Waals surface area contributed by atoms with Crippen molar-refractivity contribution < 1.29 is 23.2 Å². The van der Waals surface area contributed by atoms with Crippen molar-refractivity contribution in [2.24, 2.45) is 0 Å². The van der Waals surface area contributed by atoms with Crippen molar-refractivity contribution in [3.8, 4) is 0 Å². The molecule has 0 unspecified atom stereocenters. The smallest absolute Gasteiger partial charge is 0.312 e. The average molecular weight is 328 g/mol. The summed E-state index contributed by atoms with van der Waals surface area (Å²) in [6.07, 6.45) is -0.121. The number of nitrogens with one attached hydrogen (secondary N) is 1. The van der Waals surface area contributed by atoms with Gasteiger partial charge in [0.2, 0.25) is 0 Å². The number of anilines is 1. The number of benzene rings is 2. The van der Waals surface area contributed by atoms with Gasteiger partial charge in [-0.05, 0) is 24.3 Å². The van der Waals surface area contributed by atoms with Crippen LogP contribution in [0, 0.1) is 5.82 Å². The largest absolute Gasteiger partial charge is 0.455 e. The SMILES string of the molecule is O=C(COC(=O)Cc1noc2ccccc12)Nc1ccccc1F. The molecule has 0 aliphatic rings. The van der Waals surface area contributed by atoms with E-state index in [2.05, 4.69) is 10.5 Å². The average Bonchev–Trinajstić information content (AvgIpc) is 2.98. The molecule has 0 spiro atoms. The molecule has 1 aromatic heterocycles. The van der Waals surface area contributed by atoms with Crippen molar-refractivity contribution in [1.82, 2.24) is 5.16 Å². The van der Waals surface area contributed by atoms with Crippen LogP contribution in [0.4, 0.5) is 10.1 Å². The second-order valence-corrected chi connectivity index (χ2v) is 4.99. The zero-order valence-corrected chi connectivity index (χ0v) is 12.5. The molecule has 0 saturated carbocycles. The van der Waals surface area contributed by atoms with Crippen LogP contribution in [-0.4, -0.2) is 23.6 Å². The summed E-state index contributed by atoms with van der Waals surface area (Å²) in [5, 5.41) is 6.86. The maximum atomic E-state index is 13.4. The second-order valence-electron chi connectivity index (χ2n) is 4.99. The maximum Gasteiger partial charge on any atom is 0.312 e. The highest BCUT2D eigenvalue weighted by atomic mass is 19.1. The predicted octanol–water partition coefficient (Wildman–Crippen LogP) is 2.69. The molecule has 0 aliphatic carbocycles. The van der Waals surface area contributed by atoms with Gasteiger partial charge in [0.25, 0.3) is 5.91 Å². The number of amides is 1. The lowest BCUT2D eigenvalue weighted by Crippen LogP contribution is -2.22. The molecule has 7 heteroatoms. The number of ether oxygens (including phenoxy) is 1. The molecule has 3 rings (SSSR count). The Morgan fingerprint density at radius 2 is 1.88 bits per heavy atom. The highest BCUT2D eigenvalue weighted by Gasteiger charge is 2.15. The van der Waals surface area contributed by atoms with Crippen LogP contribution in [0.2, 0.25) is 0 Å². The number of carbonyl (C=O) groups is 2. The Balaban J connectivity index is 1.54. The van der Waals surface area contributed by atoms with E-state index in [9.17, 15) is 14.0 Å². The molecule has 0 aliphatic heterocycles. The van der Waals surface area contributed by atoms with E-state index in [0.29, 0.717) is 16.7 Å². The first-order chi connectivity index (χ1) is 11.6. The summed E-state index contributed by atoms with van der Waals surface area (Å²) < 4.78 is 23.4. The first kappa shape index (κ1) is 15.7. The van der Waals surface area contributed by atoms with Crippen molar-refractivity contribution in [3.05, 3.63) is 60.0 Å². The van der Waals surface area contributed by atoms with E-state index in [4.69, 9.17) is 9.26 Å². The third kappa shape index (κ3) is 3.57. The van der Waals surface area contributed by atoms with E-state index in [-0.39, 0.29) is 12.1 Å². The maximum absolute atomic E-state index is 13.4. The number of fused-ring (bicyclic) bond motifs is 1. The van der Waals surface area contributed by atoms with E-state index in [1.54, 1.807) is 30.3 Å². The molecule has 1 amide bonds. The quantitative estimate of drug-likeness (QED) is 0.728. The molecule has 2 aromatic carbocycles. The zero-order chi connectivity index (χ0) is 16.9. The van der Waals surface area contributed by atoms with Gasteiger partial charge < -0.3 is 14.6 Å². The fourth-order valence-corrected chi connectivity index (χ4v) is 2.15. The number of hydrogen-bond acceptors (Lipinski definition) is 5. The summed E-state index contributed by atoms with van der Waals surface area (Å²) >= 11 is 0. The van der Waals surface area contributed by atoms with Gasteiger partial charge in [-0.25, -0.2) is 4.39 Å². The molecular formula is C17H13FN2O4. The van der Waals surface area contributed by atoms with Gasteiger partial charge >= 0.3 is 5.97 Å². The molecule has 1 N–H and O–H groups in total. The molecule has 6 nitrogen and oxygen atoms in total. The molecule has 0 radical (unpaired) electrons. The van der Waals surface area contributed by atoms with E-state index < -0.39 is 24.3 Å². The van der Waals surface area contributed by atoms with Crippen molar-refractivity contribution in [2.75, 3.05) is 11.9 Å². The topological polar surface area (TPSA) is 81.4 Å². The monoisotopic (exact) mass is 328 g/mol. The molecule has 3 aromatic rings. The Labute approximate surface area is 136 Å². The summed E-state index contributed by atoms with van der Waals surface area (Å²) in [5.41, 5.74) is 1.03. The molecule has 0 saturated heterocycles. The first-order valence-corrected chi connectivity index (χ1v) is 7.17. The normalized spacial score (nSPS) is 10.5. The molecule has 1 heterocycles. The summed E-state index contributed by atoms with van der Waals surface area (Å²) in [6, 6.07) is 12.8. The van der Waals surface area contributed by atoms with Crippen molar-refractivity contribution in [1.29, 1.82) is 0 Å². The fraction of sp³-hybridized carbons (Fsp3) is 0.118. The van der Waals surface area contributed by atoms with Crippen LogP contribution in [0.1, 0.15) is 5.69 Å². The Morgan fingerprint density at radius 3 is 2.71 bits per heavy atom.